The number of hydrogen-bond acceptors (Lipinski definition) is 5. The van der Waals surface area contributed by atoms with Crippen molar-refractivity contribution in [2.45, 2.75) is 70.9 Å². The summed E-state index contributed by atoms with van der Waals surface area (Å²) < 4.78 is 5.63. The van der Waals surface area contributed by atoms with Gasteiger partial charge in [0.05, 0.1) is 12.3 Å². The molecule has 3 aliphatic rings. The standard InChI is InChI=1S/C24H36N4O4/c1-17-12-23(2,3)16-24(13-17)21(30)28(22(31)26-24)15-20(29)25-14-18(19-8-7-11-32-19)27-9-5-4-6-10-27/h7-8,11,17-18H,4-6,9-10,12-16H2,1-3H3,(H,25,29)(H,26,31)/t17-,18-,24+/m1/s1. The largest absolute Gasteiger partial charge is 0.468 e. The molecule has 0 radical (unpaired) electrons. The Bertz CT molecular complexity index is 846. The molecule has 0 bridgehead atoms. The van der Waals surface area contributed by atoms with Crippen LogP contribution in [0.2, 0.25) is 0 Å². The van der Waals surface area contributed by atoms with Gasteiger partial charge in [0.2, 0.25) is 5.91 Å². The minimum atomic E-state index is -0.886. The lowest BCUT2D eigenvalue weighted by Crippen LogP contribution is -2.54. The summed E-state index contributed by atoms with van der Waals surface area (Å²) in [5.74, 6) is 0.549. The normalized spacial score (nSPS) is 29.2. The molecular formula is C24H36N4O4. The molecule has 2 aliphatic heterocycles. The van der Waals surface area contributed by atoms with Crippen LogP contribution in [0, 0.1) is 11.3 Å². The van der Waals surface area contributed by atoms with Crippen LogP contribution in [0.3, 0.4) is 0 Å². The zero-order valence-corrected chi connectivity index (χ0v) is 19.5. The number of likely N-dealkylation sites (tertiary alicyclic amines) is 1. The van der Waals surface area contributed by atoms with Gasteiger partial charge >= 0.3 is 6.03 Å². The molecule has 8 heteroatoms. The molecule has 4 rings (SSSR count). The SMILES string of the molecule is C[C@@H]1CC(C)(C)C[C@]2(C1)NC(=O)N(CC(=O)NC[C@H](c1ccco1)N1CCCCC1)C2=O. The number of nitrogens with one attached hydrogen (secondary N) is 2. The molecule has 176 valence electrons. The molecule has 1 spiro atoms. The maximum Gasteiger partial charge on any atom is 0.325 e. The summed E-state index contributed by atoms with van der Waals surface area (Å²) in [4.78, 5) is 42.1. The summed E-state index contributed by atoms with van der Waals surface area (Å²) in [6.45, 7) is 8.43. The molecule has 2 saturated heterocycles. The third-order valence-corrected chi connectivity index (χ3v) is 7.12. The quantitative estimate of drug-likeness (QED) is 0.658. The molecule has 0 aromatic carbocycles. The first-order valence-corrected chi connectivity index (χ1v) is 11.9. The summed E-state index contributed by atoms with van der Waals surface area (Å²) in [5, 5.41) is 5.87. The lowest BCUT2D eigenvalue weighted by atomic mass is 9.64. The minimum Gasteiger partial charge on any atom is -0.468 e. The van der Waals surface area contributed by atoms with Gasteiger partial charge in [-0.2, -0.15) is 0 Å². The van der Waals surface area contributed by atoms with E-state index in [1.165, 1.54) is 6.42 Å². The molecule has 1 aliphatic carbocycles. The van der Waals surface area contributed by atoms with Crippen LogP contribution in [0.1, 0.15) is 71.1 Å². The zero-order chi connectivity index (χ0) is 22.9. The van der Waals surface area contributed by atoms with E-state index in [1.807, 2.05) is 12.1 Å². The Labute approximate surface area is 190 Å². The van der Waals surface area contributed by atoms with Crippen LogP contribution in [-0.4, -0.2) is 59.4 Å². The first-order chi connectivity index (χ1) is 15.2. The number of hydrogen-bond donors (Lipinski definition) is 2. The van der Waals surface area contributed by atoms with E-state index in [0.29, 0.717) is 25.3 Å². The average molecular weight is 445 g/mol. The maximum absolute atomic E-state index is 13.3. The van der Waals surface area contributed by atoms with Crippen LogP contribution < -0.4 is 10.6 Å². The predicted octanol–water partition coefficient (Wildman–Crippen LogP) is 3.06. The first kappa shape index (κ1) is 22.8. The van der Waals surface area contributed by atoms with E-state index in [9.17, 15) is 14.4 Å². The van der Waals surface area contributed by atoms with E-state index >= 15 is 0 Å². The van der Waals surface area contributed by atoms with Crippen LogP contribution in [0.25, 0.3) is 0 Å². The molecule has 3 fully saturated rings. The molecule has 32 heavy (non-hydrogen) atoms. The number of carbonyl (C=O) groups excluding carboxylic acids is 3. The van der Waals surface area contributed by atoms with E-state index in [0.717, 1.165) is 43.0 Å². The molecular weight excluding hydrogens is 408 g/mol. The number of amides is 4. The van der Waals surface area contributed by atoms with Gasteiger partial charge in [0.1, 0.15) is 17.8 Å². The predicted molar refractivity (Wildman–Crippen MR) is 120 cm³/mol. The van der Waals surface area contributed by atoms with Crippen molar-refractivity contribution in [2.75, 3.05) is 26.2 Å². The Morgan fingerprint density at radius 3 is 2.66 bits per heavy atom. The Kier molecular flexibility index (Phi) is 6.34. The van der Waals surface area contributed by atoms with E-state index in [1.54, 1.807) is 6.26 Å². The van der Waals surface area contributed by atoms with Gasteiger partial charge < -0.3 is 15.1 Å². The second kappa shape index (κ2) is 8.89. The van der Waals surface area contributed by atoms with Crippen molar-refractivity contribution in [2.24, 2.45) is 11.3 Å². The number of furan rings is 1. The molecule has 0 unspecified atom stereocenters. The van der Waals surface area contributed by atoms with Gasteiger partial charge in [0.15, 0.2) is 0 Å². The van der Waals surface area contributed by atoms with Crippen LogP contribution in [0.4, 0.5) is 4.79 Å². The van der Waals surface area contributed by atoms with Crippen molar-refractivity contribution in [1.29, 1.82) is 0 Å². The second-order valence-corrected chi connectivity index (χ2v) is 10.7. The molecule has 8 nitrogen and oxygen atoms in total. The summed E-state index contributed by atoms with van der Waals surface area (Å²) in [5.41, 5.74) is -0.924. The number of rotatable bonds is 6. The lowest BCUT2D eigenvalue weighted by Gasteiger charge is -2.43. The highest BCUT2D eigenvalue weighted by Crippen LogP contribution is 2.46. The smallest absolute Gasteiger partial charge is 0.325 e. The maximum atomic E-state index is 13.3. The average Bonchev–Trinajstić information content (AvgIpc) is 3.31. The summed E-state index contributed by atoms with van der Waals surface area (Å²) in [7, 11) is 0. The van der Waals surface area contributed by atoms with Crippen molar-refractivity contribution in [3.05, 3.63) is 24.2 Å². The molecule has 1 saturated carbocycles. The van der Waals surface area contributed by atoms with E-state index < -0.39 is 11.6 Å². The van der Waals surface area contributed by atoms with Gasteiger partial charge in [0.25, 0.3) is 5.91 Å². The summed E-state index contributed by atoms with van der Waals surface area (Å²) >= 11 is 0. The van der Waals surface area contributed by atoms with E-state index in [4.69, 9.17) is 4.42 Å². The highest BCUT2D eigenvalue weighted by molar-refractivity contribution is 6.09. The Morgan fingerprint density at radius 2 is 2.00 bits per heavy atom. The fourth-order valence-electron chi connectivity index (χ4n) is 6.18. The fraction of sp³-hybridized carbons (Fsp3) is 0.708. The molecule has 1 aromatic heterocycles. The molecule has 3 heterocycles. The highest BCUT2D eigenvalue weighted by atomic mass is 16.3. The number of nitrogens with zero attached hydrogens (tertiary/aromatic N) is 2. The monoisotopic (exact) mass is 444 g/mol. The highest BCUT2D eigenvalue weighted by Gasteiger charge is 2.56. The summed E-state index contributed by atoms with van der Waals surface area (Å²) in [6, 6.07) is 3.27. The van der Waals surface area contributed by atoms with Gasteiger partial charge in [-0.3, -0.25) is 19.4 Å². The van der Waals surface area contributed by atoms with Crippen LogP contribution in [0.15, 0.2) is 22.8 Å². The van der Waals surface area contributed by atoms with Gasteiger partial charge in [-0.15, -0.1) is 0 Å². The van der Waals surface area contributed by atoms with Gasteiger partial charge in [0, 0.05) is 6.54 Å². The first-order valence-electron chi connectivity index (χ1n) is 11.9. The van der Waals surface area contributed by atoms with Gasteiger partial charge in [-0.05, 0) is 68.7 Å². The van der Waals surface area contributed by atoms with Crippen molar-refractivity contribution in [3.8, 4) is 0 Å². The number of imide groups is 1. The van der Waals surface area contributed by atoms with Crippen molar-refractivity contribution < 1.29 is 18.8 Å². The second-order valence-electron chi connectivity index (χ2n) is 10.7. The minimum absolute atomic E-state index is 0.0381. The van der Waals surface area contributed by atoms with Gasteiger partial charge in [-0.25, -0.2) is 4.79 Å². The van der Waals surface area contributed by atoms with Crippen LogP contribution >= 0.6 is 0 Å². The van der Waals surface area contributed by atoms with Crippen molar-refractivity contribution >= 4 is 17.8 Å². The lowest BCUT2D eigenvalue weighted by molar-refractivity contribution is -0.137. The van der Waals surface area contributed by atoms with Crippen molar-refractivity contribution in [3.63, 3.8) is 0 Å². The number of urea groups is 1. The Hall–Kier alpha value is -2.35. The third kappa shape index (κ3) is 4.70. The third-order valence-electron chi connectivity index (χ3n) is 7.12. The molecule has 1 aromatic rings. The molecule has 3 atom stereocenters. The zero-order valence-electron chi connectivity index (χ0n) is 19.5. The topological polar surface area (TPSA) is 94.9 Å². The fourth-order valence-corrected chi connectivity index (χ4v) is 6.18. The Balaban J connectivity index is 1.39. The number of piperidine rings is 1. The van der Waals surface area contributed by atoms with Crippen LogP contribution in [-0.2, 0) is 9.59 Å². The molecule has 4 amide bonds. The summed E-state index contributed by atoms with van der Waals surface area (Å²) in [6.07, 6.45) is 7.36. The van der Waals surface area contributed by atoms with E-state index in [-0.39, 0.29) is 29.8 Å². The van der Waals surface area contributed by atoms with E-state index in [2.05, 4.69) is 36.3 Å². The number of carbonyl (C=O) groups is 3. The van der Waals surface area contributed by atoms with Crippen LogP contribution in [0.5, 0.6) is 0 Å². The van der Waals surface area contributed by atoms with Crippen molar-refractivity contribution in [1.82, 2.24) is 20.4 Å². The van der Waals surface area contributed by atoms with Gasteiger partial charge in [-0.1, -0.05) is 27.2 Å². The molecule has 2 N–H and O–H groups in total. The Morgan fingerprint density at radius 1 is 1.25 bits per heavy atom.